The van der Waals surface area contributed by atoms with Gasteiger partial charge in [-0.3, -0.25) is 14.8 Å². The Bertz CT molecular complexity index is 478. The first-order valence-electron chi connectivity index (χ1n) is 7.25. The number of aromatic nitrogens is 2. The van der Waals surface area contributed by atoms with Crippen molar-refractivity contribution in [1.29, 1.82) is 0 Å². The first kappa shape index (κ1) is 14.8. The molecule has 1 saturated carbocycles. The van der Waals surface area contributed by atoms with Gasteiger partial charge in [0, 0.05) is 18.6 Å². The van der Waals surface area contributed by atoms with Crippen molar-refractivity contribution in [3.05, 3.63) is 11.4 Å². The van der Waals surface area contributed by atoms with Crippen LogP contribution in [-0.2, 0) is 0 Å². The Labute approximate surface area is 120 Å². The number of hydrogen-bond acceptors (Lipinski definition) is 4. The van der Waals surface area contributed by atoms with E-state index in [-0.39, 0.29) is 11.8 Å². The zero-order chi connectivity index (χ0) is 14.9. The van der Waals surface area contributed by atoms with E-state index in [0.29, 0.717) is 30.0 Å². The number of aromatic amines is 1. The molecule has 2 rings (SSSR count). The Balaban J connectivity index is 1.91. The number of carbonyl (C=O) groups is 1. The number of anilines is 1. The Kier molecular flexibility index (Phi) is 4.32. The number of amides is 1. The van der Waals surface area contributed by atoms with E-state index in [9.17, 15) is 4.79 Å². The van der Waals surface area contributed by atoms with E-state index >= 15 is 0 Å². The lowest BCUT2D eigenvalue weighted by Crippen LogP contribution is -2.41. The van der Waals surface area contributed by atoms with Crippen LogP contribution in [0.25, 0.3) is 0 Å². The van der Waals surface area contributed by atoms with E-state index in [1.54, 1.807) is 0 Å². The Morgan fingerprint density at radius 1 is 1.50 bits per heavy atom. The number of nitrogens with two attached hydrogens (primary N) is 1. The van der Waals surface area contributed by atoms with Gasteiger partial charge < -0.3 is 11.1 Å². The van der Waals surface area contributed by atoms with Crippen LogP contribution in [0.3, 0.4) is 0 Å². The summed E-state index contributed by atoms with van der Waals surface area (Å²) in [6, 6.07) is 1.00. The van der Waals surface area contributed by atoms with Crippen LogP contribution in [0.5, 0.6) is 0 Å². The normalized spacial score (nSPS) is 16.7. The maximum atomic E-state index is 12.1. The van der Waals surface area contributed by atoms with Crippen LogP contribution in [0.15, 0.2) is 0 Å². The lowest BCUT2D eigenvalue weighted by Gasteiger charge is -2.24. The molecule has 1 fully saturated rings. The summed E-state index contributed by atoms with van der Waals surface area (Å²) < 4.78 is 0. The van der Waals surface area contributed by atoms with Gasteiger partial charge in [0.15, 0.2) is 5.69 Å². The predicted octanol–water partition coefficient (Wildman–Crippen LogP) is 1.33. The number of H-pyrrole nitrogens is 1. The van der Waals surface area contributed by atoms with Crippen LogP contribution < -0.4 is 11.1 Å². The quantitative estimate of drug-likeness (QED) is 0.733. The van der Waals surface area contributed by atoms with E-state index in [2.05, 4.69) is 34.4 Å². The molecule has 4 N–H and O–H groups in total. The van der Waals surface area contributed by atoms with Gasteiger partial charge in [-0.15, -0.1) is 0 Å². The average Bonchev–Trinajstić information content (AvgIpc) is 3.17. The second-order valence-corrected chi connectivity index (χ2v) is 6.01. The molecule has 112 valence electrons. The van der Waals surface area contributed by atoms with Crippen LogP contribution in [0.2, 0.25) is 0 Å². The van der Waals surface area contributed by atoms with Crippen molar-refractivity contribution in [3.8, 4) is 0 Å². The standard InChI is InChI=1S/C14H25N5O/c1-8(2)12-11(15)13(18-17-12)14(20)16-7-9(3)19(4)10-5-6-10/h8-10H,5-7,15H2,1-4H3,(H,16,20)(H,17,18). The third kappa shape index (κ3) is 3.12. The molecule has 20 heavy (non-hydrogen) atoms. The van der Waals surface area contributed by atoms with Crippen LogP contribution in [0.4, 0.5) is 5.69 Å². The molecule has 6 nitrogen and oxygen atoms in total. The largest absolute Gasteiger partial charge is 0.395 e. The lowest BCUT2D eigenvalue weighted by molar-refractivity contribution is 0.0935. The summed E-state index contributed by atoms with van der Waals surface area (Å²) in [5.74, 6) is 0.0191. The number of likely N-dealkylation sites (N-methyl/N-ethyl adjacent to an activating group) is 1. The van der Waals surface area contributed by atoms with Crippen LogP contribution in [0.1, 0.15) is 55.7 Å². The highest BCUT2D eigenvalue weighted by atomic mass is 16.2. The van der Waals surface area contributed by atoms with Gasteiger partial charge >= 0.3 is 0 Å². The second kappa shape index (κ2) is 5.83. The first-order chi connectivity index (χ1) is 9.41. The summed E-state index contributed by atoms with van der Waals surface area (Å²) in [6.45, 7) is 6.75. The molecule has 0 spiro atoms. The van der Waals surface area contributed by atoms with E-state index in [1.165, 1.54) is 12.8 Å². The molecule has 0 aliphatic heterocycles. The van der Waals surface area contributed by atoms with Crippen molar-refractivity contribution in [2.45, 2.75) is 51.6 Å². The molecular formula is C14H25N5O. The fourth-order valence-electron chi connectivity index (χ4n) is 2.29. The molecule has 1 aliphatic carbocycles. The molecular weight excluding hydrogens is 254 g/mol. The summed E-state index contributed by atoms with van der Waals surface area (Å²) >= 11 is 0. The maximum Gasteiger partial charge on any atom is 0.273 e. The first-order valence-corrected chi connectivity index (χ1v) is 7.25. The van der Waals surface area contributed by atoms with Gasteiger partial charge in [0.25, 0.3) is 5.91 Å². The number of nitrogens with zero attached hydrogens (tertiary/aromatic N) is 2. The number of hydrogen-bond donors (Lipinski definition) is 3. The molecule has 0 radical (unpaired) electrons. The van der Waals surface area contributed by atoms with Gasteiger partial charge in [0.05, 0.1) is 11.4 Å². The molecule has 1 aromatic rings. The molecule has 6 heteroatoms. The minimum atomic E-state index is -0.207. The van der Waals surface area contributed by atoms with Crippen molar-refractivity contribution in [2.75, 3.05) is 19.3 Å². The number of nitrogens with one attached hydrogen (secondary N) is 2. The molecule has 0 aromatic carbocycles. The van der Waals surface area contributed by atoms with Crippen LogP contribution in [-0.4, -0.2) is 46.7 Å². The summed E-state index contributed by atoms with van der Waals surface area (Å²) in [7, 11) is 2.11. The highest BCUT2D eigenvalue weighted by Gasteiger charge is 2.29. The third-order valence-electron chi connectivity index (χ3n) is 4.00. The van der Waals surface area contributed by atoms with E-state index in [4.69, 9.17) is 5.73 Å². The topological polar surface area (TPSA) is 87.0 Å². The van der Waals surface area contributed by atoms with E-state index < -0.39 is 0 Å². The smallest absolute Gasteiger partial charge is 0.273 e. The number of rotatable bonds is 6. The van der Waals surface area contributed by atoms with Gasteiger partial charge in [-0.25, -0.2) is 0 Å². The van der Waals surface area contributed by atoms with Gasteiger partial charge in [-0.1, -0.05) is 13.8 Å². The van der Waals surface area contributed by atoms with Crippen LogP contribution >= 0.6 is 0 Å². The molecule has 1 unspecified atom stereocenters. The second-order valence-electron chi connectivity index (χ2n) is 6.01. The maximum absolute atomic E-state index is 12.1. The third-order valence-corrected chi connectivity index (χ3v) is 4.00. The SMILES string of the molecule is CC(C)c1[nH]nc(C(=O)NCC(C)N(C)C2CC2)c1N. The molecule has 0 bridgehead atoms. The lowest BCUT2D eigenvalue weighted by atomic mass is 10.1. The minimum Gasteiger partial charge on any atom is -0.395 e. The highest BCUT2D eigenvalue weighted by Crippen LogP contribution is 2.26. The van der Waals surface area contributed by atoms with Crippen molar-refractivity contribution in [3.63, 3.8) is 0 Å². The van der Waals surface area contributed by atoms with Crippen LogP contribution in [0, 0.1) is 0 Å². The molecule has 1 aromatic heterocycles. The van der Waals surface area contributed by atoms with Gasteiger partial charge in [-0.05, 0) is 32.7 Å². The van der Waals surface area contributed by atoms with Crippen molar-refractivity contribution < 1.29 is 4.79 Å². The summed E-state index contributed by atoms with van der Waals surface area (Å²) in [6.07, 6.45) is 2.53. The summed E-state index contributed by atoms with van der Waals surface area (Å²) in [5.41, 5.74) is 7.54. The molecule has 1 aliphatic rings. The monoisotopic (exact) mass is 279 g/mol. The van der Waals surface area contributed by atoms with Gasteiger partial charge in [0.1, 0.15) is 0 Å². The molecule has 0 saturated heterocycles. The number of nitrogen functional groups attached to an aromatic ring is 1. The Morgan fingerprint density at radius 2 is 2.15 bits per heavy atom. The van der Waals surface area contributed by atoms with E-state index in [0.717, 1.165) is 5.69 Å². The fourth-order valence-corrected chi connectivity index (χ4v) is 2.29. The van der Waals surface area contributed by atoms with Crippen molar-refractivity contribution in [1.82, 2.24) is 20.4 Å². The fraction of sp³-hybridized carbons (Fsp3) is 0.714. The Hall–Kier alpha value is -1.56. The number of carbonyl (C=O) groups excluding carboxylic acids is 1. The summed E-state index contributed by atoms with van der Waals surface area (Å²) in [5, 5.41) is 9.79. The average molecular weight is 279 g/mol. The molecule has 1 heterocycles. The highest BCUT2D eigenvalue weighted by molar-refractivity contribution is 5.97. The van der Waals surface area contributed by atoms with Gasteiger partial charge in [-0.2, -0.15) is 5.10 Å². The van der Waals surface area contributed by atoms with E-state index in [1.807, 2.05) is 13.8 Å². The molecule has 1 atom stereocenters. The minimum absolute atomic E-state index is 0.207. The van der Waals surface area contributed by atoms with Gasteiger partial charge in [0.2, 0.25) is 0 Å². The zero-order valence-corrected chi connectivity index (χ0v) is 12.7. The van der Waals surface area contributed by atoms with Crippen molar-refractivity contribution >= 4 is 11.6 Å². The Morgan fingerprint density at radius 3 is 2.65 bits per heavy atom. The zero-order valence-electron chi connectivity index (χ0n) is 12.7. The summed E-state index contributed by atoms with van der Waals surface area (Å²) in [4.78, 5) is 14.4. The predicted molar refractivity (Wildman–Crippen MR) is 79.7 cm³/mol. The molecule has 1 amide bonds. The van der Waals surface area contributed by atoms with Crippen molar-refractivity contribution in [2.24, 2.45) is 0 Å².